The number of nitrogens with two attached hydrogens (primary N) is 1. The minimum absolute atomic E-state index is 0.0279. The van der Waals surface area contributed by atoms with Crippen molar-refractivity contribution in [3.8, 4) is 0 Å². The second-order valence-corrected chi connectivity index (χ2v) is 5.88. The molecule has 0 aliphatic heterocycles. The third kappa shape index (κ3) is 4.34. The summed E-state index contributed by atoms with van der Waals surface area (Å²) in [7, 11) is -2.53. The molecule has 1 atom stereocenters. The van der Waals surface area contributed by atoms with Crippen LogP contribution in [0, 0.1) is 5.92 Å². The Morgan fingerprint density at radius 1 is 1.47 bits per heavy atom. The largest absolute Gasteiger partial charge is 0.468 e. The lowest BCUT2D eigenvalue weighted by molar-refractivity contribution is -0.144. The van der Waals surface area contributed by atoms with Crippen LogP contribution in [0.5, 0.6) is 0 Å². The number of rotatable bonds is 6. The van der Waals surface area contributed by atoms with Crippen LogP contribution in [0.1, 0.15) is 19.6 Å². The highest BCUT2D eigenvalue weighted by Gasteiger charge is 2.23. The van der Waals surface area contributed by atoms with E-state index in [4.69, 9.17) is 9.56 Å². The highest BCUT2D eigenvalue weighted by molar-refractivity contribution is 7.89. The van der Waals surface area contributed by atoms with Crippen LogP contribution in [0.15, 0.2) is 21.6 Å². The minimum Gasteiger partial charge on any atom is -0.468 e. The Labute approximate surface area is 112 Å². The van der Waals surface area contributed by atoms with Crippen molar-refractivity contribution in [3.63, 3.8) is 0 Å². The summed E-state index contributed by atoms with van der Waals surface area (Å²) in [5.41, 5.74) is 0. The normalized spacial score (nSPS) is 13.5. The smallest absolute Gasteiger partial charge is 0.323 e. The van der Waals surface area contributed by atoms with Gasteiger partial charge in [0.15, 0.2) is 0 Å². The third-order valence-corrected chi connectivity index (χ3v) is 3.32. The van der Waals surface area contributed by atoms with E-state index in [-0.39, 0.29) is 23.5 Å². The van der Waals surface area contributed by atoms with Crippen LogP contribution >= 0.6 is 0 Å². The Morgan fingerprint density at radius 3 is 2.53 bits per heavy atom. The van der Waals surface area contributed by atoms with Crippen LogP contribution in [-0.2, 0) is 26.1 Å². The zero-order valence-electron chi connectivity index (χ0n) is 11.0. The molecule has 0 bridgehead atoms. The molecule has 8 heteroatoms. The summed E-state index contributed by atoms with van der Waals surface area (Å²) in [6.07, 6.45) is 0. The number of ether oxygens (including phenoxy) is 1. The molecule has 1 rings (SSSR count). The van der Waals surface area contributed by atoms with E-state index in [0.717, 1.165) is 0 Å². The number of nitrogens with one attached hydrogen (secondary N) is 1. The zero-order chi connectivity index (χ0) is 14.6. The fraction of sp³-hybridized carbons (Fsp3) is 0.545. The van der Waals surface area contributed by atoms with Crippen molar-refractivity contribution < 1.29 is 22.4 Å². The van der Waals surface area contributed by atoms with E-state index in [9.17, 15) is 13.2 Å². The first-order valence-corrected chi connectivity index (χ1v) is 7.23. The minimum atomic E-state index is -3.84. The number of primary sulfonamides is 1. The Morgan fingerprint density at radius 2 is 2.11 bits per heavy atom. The summed E-state index contributed by atoms with van der Waals surface area (Å²) in [5.74, 6) is 0.0203. The molecule has 1 heterocycles. The van der Waals surface area contributed by atoms with Gasteiger partial charge in [-0.25, -0.2) is 13.6 Å². The van der Waals surface area contributed by atoms with Gasteiger partial charge in [0.05, 0.1) is 13.7 Å². The first-order valence-electron chi connectivity index (χ1n) is 5.68. The van der Waals surface area contributed by atoms with Crippen LogP contribution in [0.2, 0.25) is 0 Å². The predicted molar refractivity (Wildman–Crippen MR) is 67.6 cm³/mol. The summed E-state index contributed by atoms with van der Waals surface area (Å²) in [5, 5.41) is 7.57. The van der Waals surface area contributed by atoms with Crippen molar-refractivity contribution in [2.45, 2.75) is 31.5 Å². The number of hydrogen-bond donors (Lipinski definition) is 2. The molecule has 0 fully saturated rings. The highest BCUT2D eigenvalue weighted by Crippen LogP contribution is 2.13. The molecular weight excluding hydrogens is 272 g/mol. The molecule has 1 aromatic heterocycles. The standard InChI is InChI=1S/C11H18N2O5S/c1-7(2)10(11(14)17-3)13-6-8-4-5-9(18-8)19(12,15)16/h4-5,7,10,13H,6H2,1-3H3,(H2,12,15,16)/t10-/m0/s1. The predicted octanol–water partition coefficient (Wildman–Crippen LogP) is 0.214. The van der Waals surface area contributed by atoms with Gasteiger partial charge >= 0.3 is 5.97 Å². The van der Waals surface area contributed by atoms with Gasteiger partial charge in [0.2, 0.25) is 5.09 Å². The van der Waals surface area contributed by atoms with Crippen molar-refractivity contribution in [3.05, 3.63) is 17.9 Å². The van der Waals surface area contributed by atoms with Gasteiger partial charge in [-0.05, 0) is 18.1 Å². The van der Waals surface area contributed by atoms with Gasteiger partial charge in [-0.3, -0.25) is 10.1 Å². The van der Waals surface area contributed by atoms with Crippen LogP contribution in [0.3, 0.4) is 0 Å². The quantitative estimate of drug-likeness (QED) is 0.725. The van der Waals surface area contributed by atoms with Gasteiger partial charge < -0.3 is 9.15 Å². The van der Waals surface area contributed by atoms with E-state index in [2.05, 4.69) is 10.1 Å². The Hall–Kier alpha value is -1.38. The highest BCUT2D eigenvalue weighted by atomic mass is 32.2. The lowest BCUT2D eigenvalue weighted by Gasteiger charge is -2.19. The van der Waals surface area contributed by atoms with E-state index in [1.54, 1.807) is 0 Å². The molecule has 0 radical (unpaired) electrons. The monoisotopic (exact) mass is 290 g/mol. The van der Waals surface area contributed by atoms with E-state index >= 15 is 0 Å². The number of methoxy groups -OCH3 is 1. The second kappa shape index (κ2) is 6.18. The molecule has 0 aromatic carbocycles. The summed E-state index contributed by atoms with van der Waals surface area (Å²) in [6.45, 7) is 3.94. The van der Waals surface area contributed by atoms with E-state index < -0.39 is 16.1 Å². The van der Waals surface area contributed by atoms with Crippen molar-refractivity contribution in [2.75, 3.05) is 7.11 Å². The van der Waals surface area contributed by atoms with Gasteiger partial charge in [0.1, 0.15) is 11.8 Å². The van der Waals surface area contributed by atoms with Gasteiger partial charge in [0.25, 0.3) is 10.0 Å². The molecule has 19 heavy (non-hydrogen) atoms. The second-order valence-electron chi connectivity index (χ2n) is 4.39. The first kappa shape index (κ1) is 15.7. The molecule has 7 nitrogen and oxygen atoms in total. The summed E-state index contributed by atoms with van der Waals surface area (Å²) < 4.78 is 31.8. The molecule has 0 saturated carbocycles. The SMILES string of the molecule is COC(=O)[C@@H](NCc1ccc(S(N)(=O)=O)o1)C(C)C. The molecule has 1 aromatic rings. The van der Waals surface area contributed by atoms with Crippen molar-refractivity contribution in [1.82, 2.24) is 5.32 Å². The van der Waals surface area contributed by atoms with Crippen molar-refractivity contribution >= 4 is 16.0 Å². The van der Waals surface area contributed by atoms with Gasteiger partial charge in [-0.1, -0.05) is 13.8 Å². The van der Waals surface area contributed by atoms with Crippen LogP contribution in [0.25, 0.3) is 0 Å². The zero-order valence-corrected chi connectivity index (χ0v) is 11.9. The molecule has 0 unspecified atom stereocenters. The van der Waals surface area contributed by atoms with Crippen molar-refractivity contribution in [2.24, 2.45) is 11.1 Å². The molecule has 0 saturated heterocycles. The number of carbonyl (C=O) groups is 1. The van der Waals surface area contributed by atoms with Gasteiger partial charge in [-0.2, -0.15) is 0 Å². The fourth-order valence-electron chi connectivity index (χ4n) is 1.53. The Kier molecular flexibility index (Phi) is 5.10. The average molecular weight is 290 g/mol. The first-order chi connectivity index (χ1) is 8.75. The topological polar surface area (TPSA) is 112 Å². The van der Waals surface area contributed by atoms with Crippen LogP contribution in [0.4, 0.5) is 0 Å². The molecule has 0 aliphatic carbocycles. The number of sulfonamides is 1. The lowest BCUT2D eigenvalue weighted by Crippen LogP contribution is -2.41. The van der Waals surface area contributed by atoms with Gasteiger partial charge in [0, 0.05) is 0 Å². The molecule has 0 aliphatic rings. The summed E-state index contributed by atoms with van der Waals surface area (Å²) >= 11 is 0. The molecular formula is C11H18N2O5S. The number of hydrogen-bond acceptors (Lipinski definition) is 6. The molecule has 0 amide bonds. The Bertz CT molecular complexity index is 535. The maximum absolute atomic E-state index is 11.5. The lowest BCUT2D eigenvalue weighted by atomic mass is 10.0. The number of esters is 1. The summed E-state index contributed by atoms with van der Waals surface area (Å²) in [4.78, 5) is 11.5. The van der Waals surface area contributed by atoms with E-state index in [0.29, 0.717) is 5.76 Å². The van der Waals surface area contributed by atoms with Crippen LogP contribution < -0.4 is 10.5 Å². The van der Waals surface area contributed by atoms with Crippen molar-refractivity contribution in [1.29, 1.82) is 0 Å². The molecule has 0 spiro atoms. The number of furan rings is 1. The van der Waals surface area contributed by atoms with Gasteiger partial charge in [-0.15, -0.1) is 0 Å². The molecule has 108 valence electrons. The van der Waals surface area contributed by atoms with E-state index in [1.165, 1.54) is 19.2 Å². The fourth-order valence-corrected chi connectivity index (χ4v) is 2.02. The van der Waals surface area contributed by atoms with E-state index in [1.807, 2.05) is 13.8 Å². The molecule has 3 N–H and O–H groups in total. The number of carbonyl (C=O) groups excluding carboxylic acids is 1. The maximum Gasteiger partial charge on any atom is 0.323 e. The third-order valence-electron chi connectivity index (χ3n) is 2.54. The average Bonchev–Trinajstić information content (AvgIpc) is 2.76. The van der Waals surface area contributed by atoms with Crippen LogP contribution in [-0.4, -0.2) is 27.5 Å². The maximum atomic E-state index is 11.5. The Balaban J connectivity index is 2.70. The summed E-state index contributed by atoms with van der Waals surface area (Å²) in [6, 6.07) is 2.27.